The van der Waals surface area contributed by atoms with Crippen molar-refractivity contribution in [2.24, 2.45) is 12.8 Å². The quantitative estimate of drug-likeness (QED) is 0.511. The number of hydrogen-bond donors (Lipinski definition) is 2. The summed E-state index contributed by atoms with van der Waals surface area (Å²) in [6.45, 7) is 0.0631. The number of hydrogen-bond acceptors (Lipinski definition) is 6. The number of anilines is 1. The zero-order valence-electron chi connectivity index (χ0n) is 15.8. The third-order valence-corrected chi connectivity index (χ3v) is 5.29. The number of ether oxygens (including phenoxy) is 1. The lowest BCUT2D eigenvalue weighted by molar-refractivity contribution is -0.113. The van der Waals surface area contributed by atoms with E-state index in [1.54, 1.807) is 29.8 Å². The Kier molecular flexibility index (Phi) is 6.91. The van der Waals surface area contributed by atoms with Crippen molar-refractivity contribution in [1.82, 2.24) is 14.8 Å². The Morgan fingerprint density at radius 2 is 2.03 bits per heavy atom. The van der Waals surface area contributed by atoms with Crippen molar-refractivity contribution in [2.75, 3.05) is 11.1 Å². The maximum absolute atomic E-state index is 13.1. The van der Waals surface area contributed by atoms with E-state index >= 15 is 0 Å². The summed E-state index contributed by atoms with van der Waals surface area (Å²) in [4.78, 5) is 23.7. The van der Waals surface area contributed by atoms with E-state index in [2.05, 4.69) is 15.5 Å². The molecule has 11 heteroatoms. The number of primary amides is 1. The van der Waals surface area contributed by atoms with Crippen molar-refractivity contribution < 1.29 is 18.7 Å². The summed E-state index contributed by atoms with van der Waals surface area (Å²) in [7, 11) is 1.73. The minimum absolute atomic E-state index is 0.0454. The number of carbonyl (C=O) groups excluding carboxylic acids is 2. The summed E-state index contributed by atoms with van der Waals surface area (Å²) in [5.74, 6) is -0.545. The van der Waals surface area contributed by atoms with E-state index in [-0.39, 0.29) is 28.9 Å². The van der Waals surface area contributed by atoms with Crippen LogP contribution in [0.2, 0.25) is 5.02 Å². The van der Waals surface area contributed by atoms with Gasteiger partial charge in [0, 0.05) is 7.05 Å². The first-order valence-corrected chi connectivity index (χ1v) is 9.99. The number of rotatable bonds is 8. The lowest BCUT2D eigenvalue weighted by Crippen LogP contribution is -2.19. The van der Waals surface area contributed by atoms with Crippen LogP contribution >= 0.6 is 23.4 Å². The van der Waals surface area contributed by atoms with Crippen LogP contribution in [0.4, 0.5) is 10.1 Å². The summed E-state index contributed by atoms with van der Waals surface area (Å²) in [6.07, 6.45) is 0. The SMILES string of the molecule is Cn1c(COc2ccc(F)cc2Cl)nnc1SCC(=O)Nc1ccccc1C(N)=O. The van der Waals surface area contributed by atoms with Crippen LogP contribution in [-0.4, -0.2) is 32.3 Å². The number of benzene rings is 2. The molecule has 0 aliphatic heterocycles. The predicted octanol–water partition coefficient (Wildman–Crippen LogP) is 3.02. The van der Waals surface area contributed by atoms with Gasteiger partial charge in [-0.2, -0.15) is 0 Å². The Morgan fingerprint density at radius 1 is 1.27 bits per heavy atom. The topological polar surface area (TPSA) is 112 Å². The number of amides is 2. The van der Waals surface area contributed by atoms with Gasteiger partial charge >= 0.3 is 0 Å². The molecule has 2 amide bonds. The molecular formula is C19H17ClFN5O3S. The van der Waals surface area contributed by atoms with E-state index < -0.39 is 11.7 Å². The second-order valence-electron chi connectivity index (χ2n) is 6.07. The summed E-state index contributed by atoms with van der Waals surface area (Å²) < 4.78 is 20.3. The van der Waals surface area contributed by atoms with E-state index in [1.807, 2.05) is 0 Å². The molecule has 0 unspecified atom stereocenters. The van der Waals surface area contributed by atoms with Crippen molar-refractivity contribution in [2.45, 2.75) is 11.8 Å². The maximum Gasteiger partial charge on any atom is 0.250 e. The third-order valence-electron chi connectivity index (χ3n) is 3.97. The van der Waals surface area contributed by atoms with Gasteiger partial charge in [-0.3, -0.25) is 9.59 Å². The lowest BCUT2D eigenvalue weighted by atomic mass is 10.1. The number of halogens is 2. The second-order valence-corrected chi connectivity index (χ2v) is 7.42. The first-order chi connectivity index (χ1) is 14.3. The Bertz CT molecular complexity index is 1090. The standard InChI is InChI=1S/C19H17ClFN5O3S/c1-26-16(9-29-15-7-6-11(21)8-13(15)20)24-25-19(26)30-10-17(27)23-14-5-3-2-4-12(14)18(22)28/h2-8H,9-10H2,1H3,(H2,22,28)(H,23,27). The number of aromatic nitrogens is 3. The molecule has 3 aromatic rings. The highest BCUT2D eigenvalue weighted by atomic mass is 35.5. The van der Waals surface area contributed by atoms with Crippen molar-refractivity contribution >= 4 is 40.9 Å². The number of carbonyl (C=O) groups is 2. The number of para-hydroxylation sites is 1. The fraction of sp³-hybridized carbons (Fsp3) is 0.158. The Labute approximate surface area is 180 Å². The summed E-state index contributed by atoms with van der Waals surface area (Å²) in [5.41, 5.74) is 5.89. The van der Waals surface area contributed by atoms with Crippen molar-refractivity contribution in [3.63, 3.8) is 0 Å². The summed E-state index contributed by atoms with van der Waals surface area (Å²) in [5, 5.41) is 11.4. The van der Waals surface area contributed by atoms with E-state index in [0.717, 1.165) is 6.07 Å². The van der Waals surface area contributed by atoms with Gasteiger partial charge < -0.3 is 20.4 Å². The lowest BCUT2D eigenvalue weighted by Gasteiger charge is -2.09. The molecule has 1 heterocycles. The molecule has 1 aromatic heterocycles. The molecule has 0 atom stereocenters. The van der Waals surface area contributed by atoms with Gasteiger partial charge in [0.05, 0.1) is 22.0 Å². The van der Waals surface area contributed by atoms with Gasteiger partial charge in [-0.05, 0) is 30.3 Å². The number of nitrogens with zero attached hydrogens (tertiary/aromatic N) is 3. The van der Waals surface area contributed by atoms with Gasteiger partial charge in [-0.25, -0.2) is 4.39 Å². The minimum atomic E-state index is -0.627. The van der Waals surface area contributed by atoms with Gasteiger partial charge in [0.1, 0.15) is 18.2 Å². The summed E-state index contributed by atoms with van der Waals surface area (Å²) in [6, 6.07) is 10.3. The van der Waals surface area contributed by atoms with Crippen LogP contribution in [0.5, 0.6) is 5.75 Å². The molecule has 0 saturated heterocycles. The van der Waals surface area contributed by atoms with Crippen molar-refractivity contribution in [1.29, 1.82) is 0 Å². The third kappa shape index (κ3) is 5.28. The molecule has 30 heavy (non-hydrogen) atoms. The molecule has 0 bridgehead atoms. The molecule has 0 fully saturated rings. The van der Waals surface area contributed by atoms with Gasteiger partial charge in [-0.15, -0.1) is 10.2 Å². The number of nitrogens with one attached hydrogen (secondary N) is 1. The zero-order valence-corrected chi connectivity index (χ0v) is 17.3. The average Bonchev–Trinajstić information content (AvgIpc) is 3.05. The Morgan fingerprint density at radius 3 is 2.77 bits per heavy atom. The second kappa shape index (κ2) is 9.59. The van der Waals surface area contributed by atoms with Crippen LogP contribution in [0, 0.1) is 5.82 Å². The fourth-order valence-electron chi connectivity index (χ4n) is 2.45. The van der Waals surface area contributed by atoms with Gasteiger partial charge in [0.2, 0.25) is 5.91 Å². The molecule has 0 saturated carbocycles. The summed E-state index contributed by atoms with van der Waals surface area (Å²) >= 11 is 7.10. The Hall–Kier alpha value is -3.11. The zero-order chi connectivity index (χ0) is 21.7. The smallest absolute Gasteiger partial charge is 0.250 e. The van der Waals surface area contributed by atoms with E-state index in [9.17, 15) is 14.0 Å². The largest absolute Gasteiger partial charge is 0.484 e. The van der Waals surface area contributed by atoms with Crippen LogP contribution in [0.15, 0.2) is 47.6 Å². The van der Waals surface area contributed by atoms with Crippen molar-refractivity contribution in [3.05, 3.63) is 64.7 Å². The molecule has 3 rings (SSSR count). The van der Waals surface area contributed by atoms with Crippen LogP contribution in [0.25, 0.3) is 0 Å². The van der Waals surface area contributed by atoms with Gasteiger partial charge in [0.25, 0.3) is 5.91 Å². The van der Waals surface area contributed by atoms with E-state index in [0.29, 0.717) is 22.4 Å². The molecule has 0 spiro atoms. The predicted molar refractivity (Wildman–Crippen MR) is 111 cm³/mol. The molecule has 2 aromatic carbocycles. The van der Waals surface area contributed by atoms with Crippen LogP contribution in [0.3, 0.4) is 0 Å². The van der Waals surface area contributed by atoms with Gasteiger partial charge in [0.15, 0.2) is 11.0 Å². The molecule has 0 aliphatic carbocycles. The van der Waals surface area contributed by atoms with Crippen LogP contribution in [0.1, 0.15) is 16.2 Å². The monoisotopic (exact) mass is 449 g/mol. The molecule has 0 radical (unpaired) electrons. The van der Waals surface area contributed by atoms with Gasteiger partial charge in [-0.1, -0.05) is 35.5 Å². The maximum atomic E-state index is 13.1. The normalized spacial score (nSPS) is 10.6. The first kappa shape index (κ1) is 21.6. The highest BCUT2D eigenvalue weighted by Gasteiger charge is 2.14. The number of nitrogens with two attached hydrogens (primary N) is 1. The average molecular weight is 450 g/mol. The molecule has 156 valence electrons. The van der Waals surface area contributed by atoms with E-state index in [1.165, 1.54) is 30.0 Å². The number of thioether (sulfide) groups is 1. The minimum Gasteiger partial charge on any atom is -0.484 e. The molecular weight excluding hydrogens is 433 g/mol. The first-order valence-electron chi connectivity index (χ1n) is 8.62. The van der Waals surface area contributed by atoms with Crippen LogP contribution in [-0.2, 0) is 18.4 Å². The highest BCUT2D eigenvalue weighted by molar-refractivity contribution is 7.99. The molecule has 8 nitrogen and oxygen atoms in total. The molecule has 3 N–H and O–H groups in total. The molecule has 0 aliphatic rings. The highest BCUT2D eigenvalue weighted by Crippen LogP contribution is 2.26. The Balaban J connectivity index is 1.57. The van der Waals surface area contributed by atoms with Crippen molar-refractivity contribution in [3.8, 4) is 5.75 Å². The fourth-order valence-corrected chi connectivity index (χ4v) is 3.41. The van der Waals surface area contributed by atoms with Crippen LogP contribution < -0.4 is 15.8 Å². The van der Waals surface area contributed by atoms with E-state index in [4.69, 9.17) is 22.1 Å².